The molecule has 1 amide bonds. The van der Waals surface area contributed by atoms with Gasteiger partial charge in [-0.05, 0) is 50.7 Å². The molecule has 0 atom stereocenters. The number of halogens is 1. The van der Waals surface area contributed by atoms with Gasteiger partial charge in [-0.2, -0.15) is 0 Å². The highest BCUT2D eigenvalue weighted by molar-refractivity contribution is 14.0. The number of fused-ring (bicyclic) bond motifs is 1. The summed E-state index contributed by atoms with van der Waals surface area (Å²) in [6.45, 7) is 7.15. The first-order valence-electron chi connectivity index (χ1n) is 10.8. The molecule has 1 N–H and O–H groups in total. The van der Waals surface area contributed by atoms with Crippen LogP contribution in [0.2, 0.25) is 0 Å². The predicted octanol–water partition coefficient (Wildman–Crippen LogP) is 3.13. The van der Waals surface area contributed by atoms with Gasteiger partial charge in [0.15, 0.2) is 12.6 Å². The van der Waals surface area contributed by atoms with E-state index in [2.05, 4.69) is 24.2 Å². The lowest BCUT2D eigenvalue weighted by Crippen LogP contribution is -2.41. The van der Waals surface area contributed by atoms with Crippen LogP contribution in [0.3, 0.4) is 0 Å². The summed E-state index contributed by atoms with van der Waals surface area (Å²) in [5, 5.41) is 3.38. The number of carbonyl (C=O) groups excluding carboxylic acids is 1. The summed E-state index contributed by atoms with van der Waals surface area (Å²) >= 11 is 0. The van der Waals surface area contributed by atoms with Crippen LogP contribution < -0.4 is 15.0 Å². The molecule has 0 bridgehead atoms. The van der Waals surface area contributed by atoms with Crippen LogP contribution >= 0.6 is 24.0 Å². The van der Waals surface area contributed by atoms with Gasteiger partial charge in [0.1, 0.15) is 5.75 Å². The fraction of sp³-hybridized carbons (Fsp3) is 0.636. The summed E-state index contributed by atoms with van der Waals surface area (Å²) < 4.78 is 11.0. The molecular weight excluding hydrogens is 495 g/mol. The van der Waals surface area contributed by atoms with Gasteiger partial charge >= 0.3 is 0 Å². The van der Waals surface area contributed by atoms with Gasteiger partial charge in [-0.15, -0.1) is 24.0 Å². The first-order valence-corrected chi connectivity index (χ1v) is 10.8. The zero-order valence-electron chi connectivity index (χ0n) is 18.1. The predicted molar refractivity (Wildman–Crippen MR) is 131 cm³/mol. The average Bonchev–Trinajstić information content (AvgIpc) is 2.76. The van der Waals surface area contributed by atoms with Gasteiger partial charge in [0.05, 0.1) is 5.69 Å². The number of ether oxygens (including phenoxy) is 2. The largest absolute Gasteiger partial charge is 0.482 e. The Morgan fingerprint density at radius 1 is 1.30 bits per heavy atom. The van der Waals surface area contributed by atoms with E-state index in [1.807, 2.05) is 29.2 Å². The zero-order valence-corrected chi connectivity index (χ0v) is 20.5. The Kier molecular flexibility index (Phi) is 10.7. The molecule has 3 rings (SSSR count). The molecular formula is C22H35IN4O3. The van der Waals surface area contributed by atoms with E-state index in [-0.39, 0.29) is 36.5 Å². The highest BCUT2D eigenvalue weighted by Gasteiger charge is 2.24. The third-order valence-corrected chi connectivity index (χ3v) is 5.52. The van der Waals surface area contributed by atoms with Crippen molar-refractivity contribution in [2.45, 2.75) is 32.6 Å². The second kappa shape index (κ2) is 13.0. The van der Waals surface area contributed by atoms with Crippen LogP contribution in [0.5, 0.6) is 5.75 Å². The van der Waals surface area contributed by atoms with E-state index in [4.69, 9.17) is 14.5 Å². The van der Waals surface area contributed by atoms with E-state index >= 15 is 0 Å². The topological polar surface area (TPSA) is 66.4 Å². The second-order valence-electron chi connectivity index (χ2n) is 7.66. The SMILES string of the molecule is CCNC(=NCCCN1C(=O)COc2ccccc21)N(C)CCC1CCOCC1.I. The fourth-order valence-electron chi connectivity index (χ4n) is 3.80. The molecule has 30 heavy (non-hydrogen) atoms. The van der Waals surface area contributed by atoms with Gasteiger partial charge in [-0.1, -0.05) is 12.1 Å². The maximum absolute atomic E-state index is 12.3. The minimum absolute atomic E-state index is 0. The number of carbonyl (C=O) groups is 1. The van der Waals surface area contributed by atoms with Crippen molar-refractivity contribution < 1.29 is 14.3 Å². The maximum atomic E-state index is 12.3. The molecule has 7 nitrogen and oxygen atoms in total. The number of hydrogen-bond donors (Lipinski definition) is 1. The lowest BCUT2D eigenvalue weighted by molar-refractivity contribution is -0.121. The fourth-order valence-corrected chi connectivity index (χ4v) is 3.80. The summed E-state index contributed by atoms with van der Waals surface area (Å²) in [7, 11) is 2.10. The summed E-state index contributed by atoms with van der Waals surface area (Å²) in [5.74, 6) is 2.47. The Morgan fingerprint density at radius 3 is 2.83 bits per heavy atom. The van der Waals surface area contributed by atoms with Gasteiger partial charge in [0, 0.05) is 46.4 Å². The van der Waals surface area contributed by atoms with Crippen molar-refractivity contribution in [3.8, 4) is 5.75 Å². The molecule has 8 heteroatoms. The number of anilines is 1. The van der Waals surface area contributed by atoms with Gasteiger partial charge < -0.3 is 24.6 Å². The van der Waals surface area contributed by atoms with E-state index in [1.165, 1.54) is 6.42 Å². The number of guanidine groups is 1. The number of rotatable bonds is 8. The van der Waals surface area contributed by atoms with E-state index < -0.39 is 0 Å². The van der Waals surface area contributed by atoms with Crippen molar-refractivity contribution >= 4 is 41.5 Å². The normalized spacial score (nSPS) is 17.1. The molecule has 1 saturated heterocycles. The number of aliphatic imine (C=N–C) groups is 1. The molecule has 2 heterocycles. The molecule has 1 aromatic carbocycles. The molecule has 0 saturated carbocycles. The first-order chi connectivity index (χ1) is 14.2. The van der Waals surface area contributed by atoms with Crippen LogP contribution in [-0.4, -0.2) is 69.8 Å². The Balaban J connectivity index is 0.00000320. The van der Waals surface area contributed by atoms with Crippen molar-refractivity contribution in [3.05, 3.63) is 24.3 Å². The first kappa shape index (κ1) is 24.7. The average molecular weight is 530 g/mol. The quantitative estimate of drug-likeness (QED) is 0.242. The maximum Gasteiger partial charge on any atom is 0.265 e. The van der Waals surface area contributed by atoms with Gasteiger partial charge in [-0.3, -0.25) is 9.79 Å². The number of nitrogens with one attached hydrogen (secondary N) is 1. The number of amides is 1. The van der Waals surface area contributed by atoms with Crippen molar-refractivity contribution in [1.82, 2.24) is 10.2 Å². The molecule has 1 fully saturated rings. The molecule has 168 valence electrons. The third kappa shape index (κ3) is 7.01. The molecule has 0 aliphatic carbocycles. The Bertz CT molecular complexity index is 695. The number of nitrogens with zero attached hydrogens (tertiary/aromatic N) is 3. The van der Waals surface area contributed by atoms with E-state index in [0.29, 0.717) is 13.1 Å². The number of para-hydroxylation sites is 2. The second-order valence-corrected chi connectivity index (χ2v) is 7.66. The van der Waals surface area contributed by atoms with Gasteiger partial charge in [0.2, 0.25) is 0 Å². The van der Waals surface area contributed by atoms with Crippen LogP contribution in [0, 0.1) is 5.92 Å². The van der Waals surface area contributed by atoms with E-state index in [0.717, 1.165) is 68.9 Å². The minimum atomic E-state index is 0. The molecule has 2 aliphatic heterocycles. The van der Waals surface area contributed by atoms with Crippen LogP contribution in [0.1, 0.15) is 32.6 Å². The summed E-state index contributed by atoms with van der Waals surface area (Å²) in [4.78, 5) is 21.1. The molecule has 0 radical (unpaired) electrons. The lowest BCUT2D eigenvalue weighted by Gasteiger charge is -2.29. The number of benzene rings is 1. The van der Waals surface area contributed by atoms with Crippen LogP contribution in [0.4, 0.5) is 5.69 Å². The van der Waals surface area contributed by atoms with Crippen molar-refractivity contribution in [2.75, 3.05) is 57.9 Å². The van der Waals surface area contributed by atoms with Crippen LogP contribution in [0.25, 0.3) is 0 Å². The summed E-state index contributed by atoms with van der Waals surface area (Å²) in [6.07, 6.45) is 4.30. The molecule has 0 spiro atoms. The van der Waals surface area contributed by atoms with Gasteiger partial charge in [-0.25, -0.2) is 0 Å². The molecule has 1 aromatic rings. The summed E-state index contributed by atoms with van der Waals surface area (Å²) in [6, 6.07) is 7.70. The Morgan fingerprint density at radius 2 is 2.07 bits per heavy atom. The highest BCUT2D eigenvalue weighted by atomic mass is 127. The smallest absolute Gasteiger partial charge is 0.265 e. The van der Waals surface area contributed by atoms with E-state index in [9.17, 15) is 4.79 Å². The van der Waals surface area contributed by atoms with Crippen LogP contribution in [0.15, 0.2) is 29.3 Å². The minimum Gasteiger partial charge on any atom is -0.482 e. The Labute approximate surface area is 197 Å². The highest BCUT2D eigenvalue weighted by Crippen LogP contribution is 2.31. The van der Waals surface area contributed by atoms with Crippen molar-refractivity contribution in [2.24, 2.45) is 10.9 Å². The zero-order chi connectivity index (χ0) is 20.5. The lowest BCUT2D eigenvalue weighted by atomic mass is 9.96. The monoisotopic (exact) mass is 530 g/mol. The third-order valence-electron chi connectivity index (χ3n) is 5.52. The number of hydrogen-bond acceptors (Lipinski definition) is 4. The molecule has 0 unspecified atom stereocenters. The van der Waals surface area contributed by atoms with Crippen molar-refractivity contribution in [1.29, 1.82) is 0 Å². The molecule has 2 aliphatic rings. The van der Waals surface area contributed by atoms with Gasteiger partial charge in [0.25, 0.3) is 5.91 Å². The standard InChI is InChI=1S/C22H34N4O3.HI/c1-3-23-22(25(2)14-9-18-10-15-28-16-11-18)24-12-6-13-26-19-7-4-5-8-20(19)29-17-21(26)27;/h4-5,7-8,18H,3,6,9-17H2,1-2H3,(H,23,24);1H. The summed E-state index contributed by atoms with van der Waals surface area (Å²) in [5.41, 5.74) is 0.855. The van der Waals surface area contributed by atoms with E-state index in [1.54, 1.807) is 0 Å². The van der Waals surface area contributed by atoms with Crippen LogP contribution in [-0.2, 0) is 9.53 Å². The van der Waals surface area contributed by atoms with Crippen molar-refractivity contribution in [3.63, 3.8) is 0 Å². The molecule has 0 aromatic heterocycles. The Hall–Kier alpha value is -1.55.